The van der Waals surface area contributed by atoms with Gasteiger partial charge in [-0.3, -0.25) is 0 Å². The Hall–Kier alpha value is -4.56. The first-order valence-corrected chi connectivity index (χ1v) is 15.5. The quantitative estimate of drug-likeness (QED) is 0.207. The van der Waals surface area contributed by atoms with Gasteiger partial charge in [-0.25, -0.2) is 0 Å². The van der Waals surface area contributed by atoms with E-state index in [1.807, 2.05) is 14.1 Å². The molecule has 0 aromatic heterocycles. The second-order valence-corrected chi connectivity index (χ2v) is 12.5. The van der Waals surface area contributed by atoms with Gasteiger partial charge >= 0.3 is 0 Å². The Bertz CT molecular complexity index is 1740. The lowest BCUT2D eigenvalue weighted by atomic mass is 9.54. The lowest BCUT2D eigenvalue weighted by molar-refractivity contribution is 0.405. The van der Waals surface area contributed by atoms with Crippen LogP contribution in [0.2, 0.25) is 0 Å². The van der Waals surface area contributed by atoms with E-state index in [1.165, 1.54) is 55.6 Å². The van der Waals surface area contributed by atoms with Crippen molar-refractivity contribution in [3.8, 4) is 11.1 Å². The van der Waals surface area contributed by atoms with E-state index < -0.39 is 5.41 Å². The van der Waals surface area contributed by atoms with Crippen molar-refractivity contribution in [2.75, 3.05) is 24.7 Å². The van der Waals surface area contributed by atoms with E-state index in [0.717, 1.165) is 11.4 Å². The second kappa shape index (κ2) is 10.6. The van der Waals surface area contributed by atoms with Crippen LogP contribution >= 0.6 is 0 Å². The van der Waals surface area contributed by atoms with Crippen molar-refractivity contribution >= 4 is 17.5 Å². The predicted molar refractivity (Wildman–Crippen MR) is 183 cm³/mol. The molecule has 0 aliphatic heterocycles. The molecule has 2 N–H and O–H groups in total. The summed E-state index contributed by atoms with van der Waals surface area (Å²) in [6.07, 6.45) is 2.46. The zero-order valence-electron chi connectivity index (χ0n) is 25.8. The Morgan fingerprint density at radius 1 is 0.581 bits per heavy atom. The highest BCUT2D eigenvalue weighted by Crippen LogP contribution is 2.64. The van der Waals surface area contributed by atoms with Crippen LogP contribution in [-0.2, 0) is 5.41 Å². The molecule has 1 unspecified atom stereocenters. The molecule has 214 valence electrons. The fraction of sp³-hybridized carbons (Fsp3) is 0.220. The van der Waals surface area contributed by atoms with Gasteiger partial charge < -0.3 is 10.6 Å². The third-order valence-electron chi connectivity index (χ3n) is 9.93. The van der Waals surface area contributed by atoms with E-state index in [0.29, 0.717) is 5.92 Å². The first-order valence-electron chi connectivity index (χ1n) is 15.5. The highest BCUT2D eigenvalue weighted by molar-refractivity contribution is 5.85. The summed E-state index contributed by atoms with van der Waals surface area (Å²) in [4.78, 5) is 0. The predicted octanol–water partition coefficient (Wildman–Crippen LogP) is 10.2. The molecule has 0 radical (unpaired) electrons. The summed E-state index contributed by atoms with van der Waals surface area (Å²) in [5, 5.41) is 6.89. The van der Waals surface area contributed by atoms with Crippen LogP contribution < -0.4 is 10.6 Å². The molecule has 5 aromatic rings. The van der Waals surface area contributed by atoms with Crippen LogP contribution in [0.3, 0.4) is 0 Å². The molecule has 1 atom stereocenters. The number of rotatable bonds is 7. The number of nitrogens with one attached hydrogen (secondary N) is 2. The summed E-state index contributed by atoms with van der Waals surface area (Å²) in [7, 11) is 4.04. The van der Waals surface area contributed by atoms with Crippen molar-refractivity contribution in [1.29, 1.82) is 0 Å². The van der Waals surface area contributed by atoms with Crippen molar-refractivity contribution in [2.24, 2.45) is 0 Å². The van der Waals surface area contributed by atoms with Gasteiger partial charge in [-0.15, -0.1) is 0 Å². The molecular formula is C41H40N2. The maximum atomic E-state index is 3.44. The lowest BCUT2D eigenvalue weighted by Gasteiger charge is -2.47. The monoisotopic (exact) mass is 560 g/mol. The van der Waals surface area contributed by atoms with Crippen LogP contribution in [0.4, 0.5) is 11.4 Å². The summed E-state index contributed by atoms with van der Waals surface area (Å²) >= 11 is 0. The molecular weight excluding hydrogens is 520 g/mol. The molecule has 7 rings (SSSR count). The minimum absolute atomic E-state index is 0.0768. The molecule has 2 aliphatic rings. The Labute approximate surface area is 256 Å². The number of hydrogen-bond donors (Lipinski definition) is 2. The molecule has 43 heavy (non-hydrogen) atoms. The number of hydrogen-bond acceptors (Lipinski definition) is 2. The maximum absolute atomic E-state index is 3.44. The first kappa shape index (κ1) is 27.3. The molecule has 5 aromatic carbocycles. The van der Waals surface area contributed by atoms with Crippen LogP contribution in [0.25, 0.3) is 17.2 Å². The molecule has 0 bridgehead atoms. The van der Waals surface area contributed by atoms with E-state index in [2.05, 4.69) is 153 Å². The Balaban J connectivity index is 1.63. The molecule has 0 spiro atoms. The van der Waals surface area contributed by atoms with Crippen molar-refractivity contribution in [3.05, 3.63) is 160 Å². The Morgan fingerprint density at radius 3 is 1.60 bits per heavy atom. The molecule has 0 heterocycles. The zero-order chi connectivity index (χ0) is 29.7. The molecule has 0 saturated carbocycles. The van der Waals surface area contributed by atoms with Gasteiger partial charge in [0.25, 0.3) is 0 Å². The summed E-state index contributed by atoms with van der Waals surface area (Å²) in [5.74, 6) is 0.710. The van der Waals surface area contributed by atoms with Crippen LogP contribution in [0.1, 0.15) is 77.5 Å². The summed E-state index contributed by atoms with van der Waals surface area (Å²) < 4.78 is 0. The van der Waals surface area contributed by atoms with Gasteiger partial charge in [0, 0.05) is 42.7 Å². The third-order valence-corrected chi connectivity index (χ3v) is 9.93. The SMILES string of the molecule is CNc1ccc2c(c1)C(C(c1ccccc1)(c1ccccc1)C1C(C)=Cc3cc(C(C)C)ccc31)c1cc(NC)ccc1-2. The average molecular weight is 561 g/mol. The Kier molecular flexibility index (Phi) is 6.73. The fourth-order valence-corrected chi connectivity index (χ4v) is 8.01. The van der Waals surface area contributed by atoms with Crippen molar-refractivity contribution in [3.63, 3.8) is 0 Å². The molecule has 2 nitrogen and oxygen atoms in total. The van der Waals surface area contributed by atoms with Gasteiger partial charge in [0.15, 0.2) is 0 Å². The van der Waals surface area contributed by atoms with E-state index in [9.17, 15) is 0 Å². The summed E-state index contributed by atoms with van der Waals surface area (Å²) in [5.41, 5.74) is 15.5. The normalized spacial score (nSPS) is 15.6. The smallest absolute Gasteiger partial charge is 0.0418 e. The van der Waals surface area contributed by atoms with Crippen LogP contribution in [-0.4, -0.2) is 14.1 Å². The molecule has 2 aliphatic carbocycles. The summed E-state index contributed by atoms with van der Waals surface area (Å²) in [6, 6.07) is 43.7. The second-order valence-electron chi connectivity index (χ2n) is 12.5. The fourth-order valence-electron chi connectivity index (χ4n) is 8.01. The number of fused-ring (bicyclic) bond motifs is 4. The minimum atomic E-state index is -0.410. The lowest BCUT2D eigenvalue weighted by Crippen LogP contribution is -2.41. The standard InChI is InChI=1S/C41H40N2/c1-26(2)28-16-19-34-29(23-28)22-27(3)39(34)41(30-12-8-6-9-13-30,31-14-10-7-11-15-31)40-37-24-32(42-4)17-20-35(37)36-21-18-33(43-5)25-38(36)40/h6-26,39-40,42-43H,1-5H3. The average Bonchev–Trinajstić information content (AvgIpc) is 3.56. The topological polar surface area (TPSA) is 24.1 Å². The number of allylic oxidation sites excluding steroid dienone is 1. The van der Waals surface area contributed by atoms with Gasteiger partial charge in [0.2, 0.25) is 0 Å². The first-order chi connectivity index (χ1) is 21.0. The van der Waals surface area contributed by atoms with E-state index in [4.69, 9.17) is 0 Å². The van der Waals surface area contributed by atoms with Gasteiger partial charge in [0.1, 0.15) is 0 Å². The molecule has 0 amide bonds. The van der Waals surface area contributed by atoms with E-state index >= 15 is 0 Å². The minimum Gasteiger partial charge on any atom is -0.388 e. The van der Waals surface area contributed by atoms with Gasteiger partial charge in [-0.2, -0.15) is 0 Å². The van der Waals surface area contributed by atoms with Gasteiger partial charge in [-0.05, 0) is 87.2 Å². The maximum Gasteiger partial charge on any atom is 0.0418 e. The van der Waals surface area contributed by atoms with E-state index in [-0.39, 0.29) is 11.8 Å². The van der Waals surface area contributed by atoms with Gasteiger partial charge in [0.05, 0.1) is 0 Å². The third kappa shape index (κ3) is 4.15. The van der Waals surface area contributed by atoms with Crippen LogP contribution in [0.5, 0.6) is 0 Å². The largest absolute Gasteiger partial charge is 0.388 e. The highest BCUT2D eigenvalue weighted by Gasteiger charge is 2.54. The van der Waals surface area contributed by atoms with E-state index in [1.54, 1.807) is 0 Å². The molecule has 0 fully saturated rings. The zero-order valence-corrected chi connectivity index (χ0v) is 25.8. The number of anilines is 2. The molecule has 2 heteroatoms. The van der Waals surface area contributed by atoms with Crippen molar-refractivity contribution in [2.45, 2.75) is 43.9 Å². The Morgan fingerprint density at radius 2 is 1.12 bits per heavy atom. The van der Waals surface area contributed by atoms with Gasteiger partial charge in [-0.1, -0.05) is 116 Å². The van der Waals surface area contributed by atoms with Crippen LogP contribution in [0, 0.1) is 0 Å². The van der Waals surface area contributed by atoms with Crippen LogP contribution in [0.15, 0.2) is 121 Å². The summed E-state index contributed by atoms with van der Waals surface area (Å²) in [6.45, 7) is 6.92. The number of benzene rings is 5. The molecule has 0 saturated heterocycles. The van der Waals surface area contributed by atoms with Crippen molar-refractivity contribution in [1.82, 2.24) is 0 Å². The van der Waals surface area contributed by atoms with Crippen molar-refractivity contribution < 1.29 is 0 Å². The highest BCUT2D eigenvalue weighted by atomic mass is 14.8.